The third-order valence-corrected chi connectivity index (χ3v) is 1.51. The molecule has 2 heterocycles. The first-order valence-corrected chi connectivity index (χ1v) is 3.38. The third-order valence-electron chi connectivity index (χ3n) is 1.51. The van der Waals surface area contributed by atoms with Crippen molar-refractivity contribution >= 4 is 11.7 Å². The summed E-state index contributed by atoms with van der Waals surface area (Å²) in [4.78, 5) is 14.8. The minimum Gasteiger partial charge on any atom is -0.372 e. The highest BCUT2D eigenvalue weighted by Gasteiger charge is 2.17. The summed E-state index contributed by atoms with van der Waals surface area (Å²) in [5.41, 5.74) is 0.729. The van der Waals surface area contributed by atoms with Gasteiger partial charge in [-0.15, -0.1) is 0 Å². The Morgan fingerprint density at radius 2 is 2.45 bits per heavy atom. The van der Waals surface area contributed by atoms with E-state index in [1.165, 1.54) is 0 Å². The predicted molar refractivity (Wildman–Crippen MR) is 39.7 cm³/mol. The van der Waals surface area contributed by atoms with Gasteiger partial charge < -0.3 is 16.0 Å². The van der Waals surface area contributed by atoms with Gasteiger partial charge in [0.25, 0.3) is 0 Å². The van der Waals surface area contributed by atoms with Crippen molar-refractivity contribution < 1.29 is 4.79 Å². The van der Waals surface area contributed by atoms with Crippen LogP contribution in [-0.2, 0) is 4.79 Å². The zero-order valence-electron chi connectivity index (χ0n) is 5.85. The van der Waals surface area contributed by atoms with Gasteiger partial charge in [0.05, 0.1) is 12.4 Å². The van der Waals surface area contributed by atoms with Crippen molar-refractivity contribution in [3.63, 3.8) is 0 Å². The zero-order valence-corrected chi connectivity index (χ0v) is 5.85. The molecule has 3 N–H and O–H groups in total. The molecule has 0 spiro atoms. The van der Waals surface area contributed by atoms with E-state index in [2.05, 4.69) is 20.9 Å². The molecule has 2 aliphatic rings. The van der Waals surface area contributed by atoms with Crippen LogP contribution in [0, 0.1) is 0 Å². The van der Waals surface area contributed by atoms with Crippen LogP contribution >= 0.6 is 0 Å². The Balaban J connectivity index is 2.29. The molecule has 0 bridgehead atoms. The standard InChI is InChI=1S/C6H8N4O/c11-5-2-8-6-4(10-5)1-7-3-9-6/h1,7H,2-3H2,(H,8,9)(H,10,11). The van der Waals surface area contributed by atoms with Crippen LogP contribution in [0.1, 0.15) is 0 Å². The summed E-state index contributed by atoms with van der Waals surface area (Å²) in [6, 6.07) is 0. The van der Waals surface area contributed by atoms with Gasteiger partial charge >= 0.3 is 0 Å². The number of hydrogen-bond acceptors (Lipinski definition) is 4. The van der Waals surface area contributed by atoms with E-state index < -0.39 is 0 Å². The predicted octanol–water partition coefficient (Wildman–Crippen LogP) is -1.49. The van der Waals surface area contributed by atoms with Crippen molar-refractivity contribution in [3.8, 4) is 0 Å². The van der Waals surface area contributed by atoms with E-state index in [9.17, 15) is 4.79 Å². The minimum absolute atomic E-state index is 0.0644. The number of hydrogen-bond donors (Lipinski definition) is 3. The molecule has 5 heteroatoms. The lowest BCUT2D eigenvalue weighted by molar-refractivity contribution is -0.119. The minimum atomic E-state index is -0.0644. The molecule has 0 saturated heterocycles. The van der Waals surface area contributed by atoms with E-state index >= 15 is 0 Å². The third kappa shape index (κ3) is 1.04. The molecule has 58 valence electrons. The summed E-state index contributed by atoms with van der Waals surface area (Å²) in [6.45, 7) is 0.887. The van der Waals surface area contributed by atoms with Crippen LogP contribution in [-0.4, -0.2) is 25.0 Å². The lowest BCUT2D eigenvalue weighted by atomic mass is 10.3. The summed E-state index contributed by atoms with van der Waals surface area (Å²) >= 11 is 0. The number of carbonyl (C=O) groups excluding carboxylic acids is 1. The molecule has 0 saturated carbocycles. The lowest BCUT2D eigenvalue weighted by Gasteiger charge is -2.22. The molecule has 0 radical (unpaired) electrons. The second-order valence-corrected chi connectivity index (χ2v) is 2.33. The van der Waals surface area contributed by atoms with Gasteiger partial charge in [-0.3, -0.25) is 9.79 Å². The van der Waals surface area contributed by atoms with Gasteiger partial charge in [0.15, 0.2) is 0 Å². The molecule has 5 nitrogen and oxygen atoms in total. The fourth-order valence-corrected chi connectivity index (χ4v) is 1.03. The maximum Gasteiger partial charge on any atom is 0.246 e. The van der Waals surface area contributed by atoms with Gasteiger partial charge in [-0.05, 0) is 0 Å². The van der Waals surface area contributed by atoms with E-state index in [-0.39, 0.29) is 12.5 Å². The molecule has 0 aromatic rings. The Bertz CT molecular complexity index is 255. The Morgan fingerprint density at radius 3 is 3.36 bits per heavy atom. The largest absolute Gasteiger partial charge is 0.372 e. The summed E-state index contributed by atoms with van der Waals surface area (Å²) in [7, 11) is 0. The van der Waals surface area contributed by atoms with Gasteiger partial charge in [0, 0.05) is 6.20 Å². The molecule has 0 aromatic heterocycles. The molecular formula is C6H8N4O. The number of fused-ring (bicyclic) bond motifs is 1. The maximum absolute atomic E-state index is 10.8. The maximum atomic E-state index is 10.8. The van der Waals surface area contributed by atoms with E-state index in [1.807, 2.05) is 0 Å². The Hall–Kier alpha value is -1.52. The first-order valence-electron chi connectivity index (χ1n) is 3.38. The van der Waals surface area contributed by atoms with Gasteiger partial charge in [-0.2, -0.15) is 0 Å². The van der Waals surface area contributed by atoms with Crippen LogP contribution < -0.4 is 16.0 Å². The van der Waals surface area contributed by atoms with E-state index in [4.69, 9.17) is 0 Å². The van der Waals surface area contributed by atoms with Gasteiger partial charge in [-0.1, -0.05) is 0 Å². The summed E-state index contributed by atoms with van der Waals surface area (Å²) in [6.07, 6.45) is 1.74. The number of carbonyl (C=O) groups is 1. The normalized spacial score (nSPS) is 21.6. The van der Waals surface area contributed by atoms with Gasteiger partial charge in [-0.25, -0.2) is 0 Å². The SMILES string of the molecule is O=C1CN=C2NCNC=C2N1. The second-order valence-electron chi connectivity index (χ2n) is 2.33. The molecule has 0 unspecified atom stereocenters. The number of nitrogens with one attached hydrogen (secondary N) is 3. The lowest BCUT2D eigenvalue weighted by Crippen LogP contribution is -2.47. The number of nitrogens with zero attached hydrogens (tertiary/aromatic N) is 1. The molecule has 2 rings (SSSR count). The number of aliphatic imine (C=N–C) groups is 1. The van der Waals surface area contributed by atoms with Crippen LogP contribution in [0.5, 0.6) is 0 Å². The molecular weight excluding hydrogens is 144 g/mol. The highest BCUT2D eigenvalue weighted by molar-refractivity contribution is 6.05. The summed E-state index contributed by atoms with van der Waals surface area (Å²) in [5.74, 6) is 0.703. The van der Waals surface area contributed by atoms with E-state index in [0.717, 1.165) is 11.5 Å². The fraction of sp³-hybridized carbons (Fsp3) is 0.333. The molecule has 0 aliphatic carbocycles. The van der Waals surface area contributed by atoms with Gasteiger partial charge in [0.2, 0.25) is 5.91 Å². The van der Waals surface area contributed by atoms with Crippen molar-refractivity contribution in [1.29, 1.82) is 0 Å². The van der Waals surface area contributed by atoms with Crippen LogP contribution in [0.4, 0.5) is 0 Å². The van der Waals surface area contributed by atoms with Crippen molar-refractivity contribution in [2.75, 3.05) is 13.2 Å². The number of amides is 1. The van der Waals surface area contributed by atoms with Crippen molar-refractivity contribution in [2.45, 2.75) is 0 Å². The molecule has 1 amide bonds. The van der Waals surface area contributed by atoms with Crippen molar-refractivity contribution in [2.24, 2.45) is 4.99 Å². The second kappa shape index (κ2) is 2.26. The van der Waals surface area contributed by atoms with Crippen LogP contribution in [0.3, 0.4) is 0 Å². The first-order chi connectivity index (χ1) is 5.36. The van der Waals surface area contributed by atoms with Crippen molar-refractivity contribution in [3.05, 3.63) is 11.9 Å². The smallest absolute Gasteiger partial charge is 0.246 e. The van der Waals surface area contributed by atoms with Crippen LogP contribution in [0.25, 0.3) is 0 Å². The summed E-state index contributed by atoms with van der Waals surface area (Å²) in [5, 5.41) is 8.62. The van der Waals surface area contributed by atoms with Crippen LogP contribution in [0.15, 0.2) is 16.9 Å². The summed E-state index contributed by atoms with van der Waals surface area (Å²) < 4.78 is 0. The Kier molecular flexibility index (Phi) is 1.28. The molecule has 0 aromatic carbocycles. The molecule has 11 heavy (non-hydrogen) atoms. The molecule has 2 aliphatic heterocycles. The highest BCUT2D eigenvalue weighted by Crippen LogP contribution is 1.99. The number of rotatable bonds is 0. The van der Waals surface area contributed by atoms with Crippen molar-refractivity contribution in [1.82, 2.24) is 16.0 Å². The van der Waals surface area contributed by atoms with E-state index in [0.29, 0.717) is 6.67 Å². The topological polar surface area (TPSA) is 65.5 Å². The average Bonchev–Trinajstić information content (AvgIpc) is 2.04. The van der Waals surface area contributed by atoms with Crippen LogP contribution in [0.2, 0.25) is 0 Å². The Morgan fingerprint density at radius 1 is 1.55 bits per heavy atom. The van der Waals surface area contributed by atoms with E-state index in [1.54, 1.807) is 6.20 Å². The average molecular weight is 152 g/mol. The number of amidine groups is 1. The molecule has 0 atom stereocenters. The highest BCUT2D eigenvalue weighted by atomic mass is 16.2. The Labute approximate surface area is 63.6 Å². The van der Waals surface area contributed by atoms with Gasteiger partial charge in [0.1, 0.15) is 12.4 Å². The fourth-order valence-electron chi connectivity index (χ4n) is 1.03. The zero-order chi connectivity index (χ0) is 7.68. The first kappa shape index (κ1) is 6.21. The molecule has 0 fully saturated rings. The quantitative estimate of drug-likeness (QED) is 0.396. The monoisotopic (exact) mass is 152 g/mol.